The van der Waals surface area contributed by atoms with Crippen molar-refractivity contribution >= 4 is 11.0 Å². The van der Waals surface area contributed by atoms with Crippen molar-refractivity contribution in [2.75, 3.05) is 28.4 Å². The Morgan fingerprint density at radius 2 is 1.53 bits per heavy atom. The molecule has 8 heteroatoms. The zero-order chi connectivity index (χ0) is 21.3. The Labute approximate surface area is 172 Å². The van der Waals surface area contributed by atoms with Crippen molar-refractivity contribution in [2.45, 2.75) is 0 Å². The van der Waals surface area contributed by atoms with Gasteiger partial charge in [-0.15, -0.1) is 0 Å². The van der Waals surface area contributed by atoms with Gasteiger partial charge in [-0.1, -0.05) is 12.1 Å². The summed E-state index contributed by atoms with van der Waals surface area (Å²) in [5, 5.41) is 0. The summed E-state index contributed by atoms with van der Waals surface area (Å²) < 4.78 is 23.1. The summed E-state index contributed by atoms with van der Waals surface area (Å²) in [6.07, 6.45) is 3.35. The van der Waals surface area contributed by atoms with Crippen molar-refractivity contribution < 1.29 is 18.9 Å². The average Bonchev–Trinajstić information content (AvgIpc) is 3.13. The molecule has 0 radical (unpaired) electrons. The van der Waals surface area contributed by atoms with Crippen LogP contribution < -0.4 is 24.6 Å². The normalized spacial score (nSPS) is 10.8. The maximum atomic E-state index is 12.9. The van der Waals surface area contributed by atoms with Crippen LogP contribution in [0.3, 0.4) is 0 Å². The van der Waals surface area contributed by atoms with E-state index in [1.165, 1.54) is 21.3 Å². The number of nitrogens with one attached hydrogen (secondary N) is 1. The smallest absolute Gasteiger partial charge is 0.331 e. The topological polar surface area (TPSA) is 87.6 Å². The third kappa shape index (κ3) is 3.12. The molecule has 0 saturated heterocycles. The molecule has 2 heterocycles. The molecule has 0 amide bonds. The molecular weight excluding hydrogens is 386 g/mol. The molecule has 0 aliphatic carbocycles. The molecule has 8 nitrogen and oxygen atoms in total. The molecule has 0 unspecified atom stereocenters. The number of benzene rings is 2. The fourth-order valence-electron chi connectivity index (χ4n) is 3.48. The number of imidazole rings is 1. The molecule has 0 aliphatic heterocycles. The third-order valence-electron chi connectivity index (χ3n) is 4.89. The van der Waals surface area contributed by atoms with E-state index in [-0.39, 0.29) is 5.69 Å². The van der Waals surface area contributed by atoms with Gasteiger partial charge in [-0.05, 0) is 17.7 Å². The SMILES string of the molecule is COc1ccc(-c2cncc3[nH]c(=O)n(-c4cc(OC)c(OC)c(OC)c4)c23)cc1. The summed E-state index contributed by atoms with van der Waals surface area (Å²) in [5.74, 6) is 2.10. The largest absolute Gasteiger partial charge is 0.497 e. The van der Waals surface area contributed by atoms with Gasteiger partial charge in [0.15, 0.2) is 11.5 Å². The summed E-state index contributed by atoms with van der Waals surface area (Å²) in [5.41, 5.74) is 3.26. The third-order valence-corrected chi connectivity index (χ3v) is 4.89. The van der Waals surface area contributed by atoms with Crippen LogP contribution in [0.5, 0.6) is 23.0 Å². The minimum Gasteiger partial charge on any atom is -0.497 e. The van der Waals surface area contributed by atoms with Crippen molar-refractivity contribution in [3.8, 4) is 39.8 Å². The van der Waals surface area contributed by atoms with Crippen molar-refractivity contribution in [1.29, 1.82) is 0 Å². The van der Waals surface area contributed by atoms with E-state index in [9.17, 15) is 4.79 Å². The lowest BCUT2D eigenvalue weighted by Gasteiger charge is -2.15. The summed E-state index contributed by atoms with van der Waals surface area (Å²) in [7, 11) is 6.22. The van der Waals surface area contributed by atoms with E-state index >= 15 is 0 Å². The fraction of sp³-hybridized carbons (Fsp3) is 0.182. The molecule has 4 aromatic rings. The van der Waals surface area contributed by atoms with Gasteiger partial charge in [0.1, 0.15) is 5.75 Å². The molecule has 0 bridgehead atoms. The number of nitrogens with zero attached hydrogens (tertiary/aromatic N) is 2. The average molecular weight is 407 g/mol. The van der Waals surface area contributed by atoms with Crippen LogP contribution in [0.2, 0.25) is 0 Å². The first-order chi connectivity index (χ1) is 14.6. The number of ether oxygens (including phenoxy) is 4. The lowest BCUT2D eigenvalue weighted by atomic mass is 10.1. The quantitative estimate of drug-likeness (QED) is 0.527. The highest BCUT2D eigenvalue weighted by molar-refractivity contribution is 5.92. The number of aromatic nitrogens is 3. The van der Waals surface area contributed by atoms with Crippen LogP contribution in [-0.2, 0) is 0 Å². The highest BCUT2D eigenvalue weighted by atomic mass is 16.5. The van der Waals surface area contributed by atoms with Crippen LogP contribution in [0.15, 0.2) is 53.6 Å². The van der Waals surface area contributed by atoms with Gasteiger partial charge in [0.25, 0.3) is 0 Å². The Morgan fingerprint density at radius 1 is 0.867 bits per heavy atom. The van der Waals surface area contributed by atoms with Crippen molar-refractivity contribution in [3.63, 3.8) is 0 Å². The Morgan fingerprint density at radius 3 is 2.10 bits per heavy atom. The molecule has 0 atom stereocenters. The van der Waals surface area contributed by atoms with Crippen LogP contribution in [0.25, 0.3) is 27.8 Å². The zero-order valence-electron chi connectivity index (χ0n) is 17.1. The van der Waals surface area contributed by atoms with E-state index in [1.54, 1.807) is 36.2 Å². The molecule has 4 rings (SSSR count). The van der Waals surface area contributed by atoms with Crippen molar-refractivity contribution in [1.82, 2.24) is 14.5 Å². The number of hydrogen-bond acceptors (Lipinski definition) is 6. The fourth-order valence-corrected chi connectivity index (χ4v) is 3.48. The monoisotopic (exact) mass is 407 g/mol. The standard InChI is InChI=1S/C22H21N3O5/c1-27-15-7-5-13(6-8-15)16-11-23-12-17-20(16)25(22(26)24-17)14-9-18(28-2)21(30-4)19(10-14)29-3/h5-12H,1-4H3,(H,24,26). The van der Waals surface area contributed by atoms with E-state index in [2.05, 4.69) is 9.97 Å². The van der Waals surface area contributed by atoms with Gasteiger partial charge in [-0.25, -0.2) is 4.79 Å². The second-order valence-electron chi connectivity index (χ2n) is 6.46. The van der Waals surface area contributed by atoms with Crippen molar-refractivity contribution in [3.05, 3.63) is 59.3 Å². The predicted octanol–water partition coefficient (Wildman–Crippen LogP) is 3.42. The second kappa shape index (κ2) is 7.82. The highest BCUT2D eigenvalue weighted by Gasteiger charge is 2.19. The lowest BCUT2D eigenvalue weighted by molar-refractivity contribution is 0.324. The van der Waals surface area contributed by atoms with E-state index < -0.39 is 0 Å². The zero-order valence-corrected chi connectivity index (χ0v) is 17.1. The van der Waals surface area contributed by atoms with Crippen molar-refractivity contribution in [2.24, 2.45) is 0 Å². The van der Waals surface area contributed by atoms with Crippen LogP contribution in [0.1, 0.15) is 0 Å². The summed E-state index contributed by atoms with van der Waals surface area (Å²) >= 11 is 0. The number of pyridine rings is 1. The first-order valence-electron chi connectivity index (χ1n) is 9.14. The van der Waals surface area contributed by atoms with Gasteiger partial charge < -0.3 is 23.9 Å². The summed E-state index contributed by atoms with van der Waals surface area (Å²) in [6, 6.07) is 11.0. The van der Waals surface area contributed by atoms with E-state index in [4.69, 9.17) is 18.9 Å². The second-order valence-corrected chi connectivity index (χ2v) is 6.46. The minimum atomic E-state index is -0.304. The molecule has 0 spiro atoms. The molecule has 1 N–H and O–H groups in total. The van der Waals surface area contributed by atoms with Crippen LogP contribution >= 0.6 is 0 Å². The van der Waals surface area contributed by atoms with Gasteiger partial charge in [-0.2, -0.15) is 0 Å². The summed E-state index contributed by atoms with van der Waals surface area (Å²) in [4.78, 5) is 20.1. The maximum Gasteiger partial charge on any atom is 0.331 e. The number of fused-ring (bicyclic) bond motifs is 1. The molecule has 30 heavy (non-hydrogen) atoms. The number of methoxy groups -OCH3 is 4. The van der Waals surface area contributed by atoms with E-state index in [0.717, 1.165) is 16.9 Å². The van der Waals surface area contributed by atoms with Gasteiger partial charge in [-0.3, -0.25) is 9.55 Å². The van der Waals surface area contributed by atoms with Crippen LogP contribution in [0, 0.1) is 0 Å². The summed E-state index contributed by atoms with van der Waals surface area (Å²) in [6.45, 7) is 0. The first kappa shape index (κ1) is 19.4. The van der Waals surface area contributed by atoms with Gasteiger partial charge in [0.2, 0.25) is 5.75 Å². The molecule has 0 fully saturated rings. The Balaban J connectivity index is 2.01. The molecule has 2 aromatic carbocycles. The number of rotatable bonds is 6. The number of aromatic amines is 1. The number of H-pyrrole nitrogens is 1. The van der Waals surface area contributed by atoms with Gasteiger partial charge in [0, 0.05) is 23.9 Å². The van der Waals surface area contributed by atoms with E-state index in [0.29, 0.717) is 34.0 Å². The van der Waals surface area contributed by atoms with Crippen LogP contribution in [-0.4, -0.2) is 43.0 Å². The molecule has 154 valence electrons. The molecule has 0 saturated carbocycles. The molecule has 2 aromatic heterocycles. The molecular formula is C22H21N3O5. The Kier molecular flexibility index (Phi) is 5.05. The maximum absolute atomic E-state index is 12.9. The Hall–Kier alpha value is -3.94. The van der Waals surface area contributed by atoms with E-state index in [1.807, 2.05) is 24.3 Å². The predicted molar refractivity (Wildman–Crippen MR) is 113 cm³/mol. The van der Waals surface area contributed by atoms with Gasteiger partial charge in [0.05, 0.1) is 51.4 Å². The van der Waals surface area contributed by atoms with Crippen LogP contribution in [0.4, 0.5) is 0 Å². The highest BCUT2D eigenvalue weighted by Crippen LogP contribution is 2.40. The number of hydrogen-bond donors (Lipinski definition) is 1. The lowest BCUT2D eigenvalue weighted by Crippen LogP contribution is -2.15. The minimum absolute atomic E-state index is 0.304. The molecule has 0 aliphatic rings. The van der Waals surface area contributed by atoms with Gasteiger partial charge >= 0.3 is 5.69 Å². The Bertz CT molecular complexity index is 1230. The first-order valence-corrected chi connectivity index (χ1v) is 9.14.